The van der Waals surface area contributed by atoms with E-state index in [1.54, 1.807) is 30.3 Å². The van der Waals surface area contributed by atoms with Crippen molar-refractivity contribution in [3.8, 4) is 17.2 Å². The fourth-order valence-corrected chi connectivity index (χ4v) is 10.3. The lowest BCUT2D eigenvalue weighted by Gasteiger charge is -2.59. The summed E-state index contributed by atoms with van der Waals surface area (Å²) in [5.74, 6) is -1.92. The number of likely N-dealkylation sites (N-methyl/N-ethyl adjacent to an activating group) is 1. The fourth-order valence-electron chi connectivity index (χ4n) is 8.92. The lowest BCUT2D eigenvalue weighted by atomic mass is 9.55. The molecule has 3 aromatic carbocycles. The van der Waals surface area contributed by atoms with E-state index in [4.69, 9.17) is 19.0 Å². The summed E-state index contributed by atoms with van der Waals surface area (Å²) >= 11 is 0. The first kappa shape index (κ1) is 43.4. The molecule has 15 nitrogen and oxygen atoms in total. The first-order valence-corrected chi connectivity index (χ1v) is 21.2. The Morgan fingerprint density at radius 3 is 2.44 bits per heavy atom. The topological polar surface area (TPSA) is 199 Å². The number of benzene rings is 3. The Morgan fingerprint density at radius 2 is 1.78 bits per heavy atom. The Morgan fingerprint density at radius 1 is 1.07 bits per heavy atom. The summed E-state index contributed by atoms with van der Waals surface area (Å²) in [7, 11) is -1.31. The van der Waals surface area contributed by atoms with Crippen molar-refractivity contribution >= 4 is 33.0 Å². The maximum Gasteiger partial charge on any atom is 0.273 e. The third-order valence-electron chi connectivity index (χ3n) is 11.4. The summed E-state index contributed by atoms with van der Waals surface area (Å²) in [5, 5.41) is 38.4. The molecular formula is C43H52N4O11S. The van der Waals surface area contributed by atoms with Gasteiger partial charge in [-0.15, -0.1) is 6.58 Å². The molecule has 1 heterocycles. The van der Waals surface area contributed by atoms with Crippen LogP contribution in [0.25, 0.3) is 0 Å². The first-order chi connectivity index (χ1) is 28.4. The number of hydrogen-bond acceptors (Lipinski definition) is 12. The Bertz CT molecular complexity index is 2180. The van der Waals surface area contributed by atoms with Crippen molar-refractivity contribution in [2.24, 2.45) is 22.9 Å². The van der Waals surface area contributed by atoms with Gasteiger partial charge in [0.25, 0.3) is 5.69 Å². The van der Waals surface area contributed by atoms with Crippen LogP contribution in [0.4, 0.5) is 11.4 Å². The molecule has 1 saturated carbocycles. The number of nitrogens with one attached hydrogen (secondary N) is 1. The van der Waals surface area contributed by atoms with Crippen molar-refractivity contribution < 1.29 is 47.4 Å². The van der Waals surface area contributed by atoms with E-state index in [0.717, 1.165) is 24.0 Å². The second-order valence-corrected chi connectivity index (χ2v) is 17.0. The monoisotopic (exact) mass is 832 g/mol. The molecule has 316 valence electrons. The number of aliphatic hydroxyl groups is 2. The molecule has 6 rings (SSSR count). The predicted octanol–water partition coefficient (Wildman–Crippen LogP) is 6.93. The summed E-state index contributed by atoms with van der Waals surface area (Å²) in [6.45, 7) is 5.37. The molecule has 16 heteroatoms. The largest absolute Gasteiger partial charge is 0.460 e. The number of nitrogens with zero attached hydrogens (tertiary/aromatic N) is 3. The average molecular weight is 833 g/mol. The Labute approximate surface area is 344 Å². The maximum absolute atomic E-state index is 14.7. The van der Waals surface area contributed by atoms with Crippen molar-refractivity contribution in [3.05, 3.63) is 107 Å². The van der Waals surface area contributed by atoms with Crippen LogP contribution in [0.1, 0.15) is 63.4 Å². The second-order valence-electron chi connectivity index (χ2n) is 15.0. The van der Waals surface area contributed by atoms with Crippen molar-refractivity contribution in [1.29, 1.82) is 0 Å². The van der Waals surface area contributed by atoms with Gasteiger partial charge < -0.3 is 34.6 Å². The van der Waals surface area contributed by atoms with Crippen LogP contribution in [0.3, 0.4) is 0 Å². The molecular weight excluding hydrogens is 781 g/mol. The number of rotatable bonds is 19. The van der Waals surface area contributed by atoms with Gasteiger partial charge in [-0.2, -0.15) is 4.31 Å². The van der Waals surface area contributed by atoms with Crippen LogP contribution >= 0.6 is 0 Å². The normalized spacial score (nSPS) is 24.0. The quantitative estimate of drug-likeness (QED) is 0.0490. The van der Waals surface area contributed by atoms with E-state index < -0.39 is 32.7 Å². The van der Waals surface area contributed by atoms with Gasteiger partial charge in [0, 0.05) is 56.8 Å². The minimum atomic E-state index is -4.24. The lowest BCUT2D eigenvalue weighted by molar-refractivity contribution is -0.384. The third-order valence-corrected chi connectivity index (χ3v) is 13.3. The molecule has 1 aliphatic heterocycles. The van der Waals surface area contributed by atoms with Gasteiger partial charge in [-0.3, -0.25) is 14.9 Å². The summed E-state index contributed by atoms with van der Waals surface area (Å²) in [5.41, 5.74) is 2.43. The summed E-state index contributed by atoms with van der Waals surface area (Å²) in [6.07, 6.45) is 7.91. The highest BCUT2D eigenvalue weighted by atomic mass is 32.2. The Kier molecular flexibility index (Phi) is 13.9. The zero-order chi connectivity index (χ0) is 42.3. The molecule has 1 amide bonds. The van der Waals surface area contributed by atoms with Gasteiger partial charge in [-0.1, -0.05) is 36.2 Å². The fraction of sp³-hybridized carbons (Fsp3) is 0.442. The number of nitro groups is 1. The number of carbonyl (C=O) groups is 1. The number of oxime groups is 1. The van der Waals surface area contributed by atoms with Crippen molar-refractivity contribution in [2.45, 2.75) is 74.5 Å². The summed E-state index contributed by atoms with van der Waals surface area (Å²) in [6, 6.07) is 16.2. The molecule has 0 unspecified atom stereocenters. The van der Waals surface area contributed by atoms with Crippen LogP contribution in [0, 0.1) is 27.9 Å². The van der Waals surface area contributed by atoms with E-state index in [9.17, 15) is 33.5 Å². The number of anilines is 1. The number of aliphatic hydroxyl groups excluding tert-OH is 2. The molecule has 59 heavy (non-hydrogen) atoms. The number of amides is 1. The van der Waals surface area contributed by atoms with E-state index in [-0.39, 0.29) is 66.2 Å². The van der Waals surface area contributed by atoms with E-state index in [0.29, 0.717) is 48.6 Å². The highest BCUT2D eigenvalue weighted by Crippen LogP contribution is 2.62. The highest BCUT2D eigenvalue weighted by Gasteiger charge is 2.65. The van der Waals surface area contributed by atoms with Gasteiger partial charge in [-0.05, 0) is 91.6 Å². The number of unbranched alkanes of at least 4 members (excludes halogenated alkanes) is 2. The van der Waals surface area contributed by atoms with Gasteiger partial charge in [-0.25, -0.2) is 8.42 Å². The molecule has 6 atom stereocenters. The molecule has 3 aliphatic rings. The third kappa shape index (κ3) is 9.06. The lowest BCUT2D eigenvalue weighted by Crippen LogP contribution is -2.69. The number of fused-ring (bicyclic) bond motifs is 2. The van der Waals surface area contributed by atoms with Crippen molar-refractivity contribution in [2.75, 3.05) is 39.3 Å². The standard InChI is InChI=1S/C43H52N4O11S/c1-5-23-56-43-40(46(3)59(53,54)34-18-15-30(16-19-34)44-28(2)50)27-38(45-55-4)36-24-29(11-6-8-21-48)35(14-7-9-22-49)41(42(36)43)37-26-33(17-20-39(37)58-43)57-32-13-10-12-31(25-32)47(51)52/h5,10,12-13,15-20,24-26,29,35,40-42,48-49H,1,6-9,11,14,21-23,27H2,2-4H3,(H,44,50)/t29-,35+,40-,41+,42+,43+/m0/s1. The molecule has 2 aliphatic carbocycles. The SMILES string of the molecule is C=CCO[C@@]12Oc3ccc(Oc4cccc([N+](=O)[O-])c4)cc3[C@H]3[C@H](CCCCO)[C@@H](CCCCO)C=C(C(=NOC)C[C@@H]1N(C)S(=O)(=O)c1ccc(NC(C)=O)cc1)[C@H]32. The average Bonchev–Trinajstić information content (AvgIpc) is 3.21. The Hall–Kier alpha value is -5.13. The van der Waals surface area contributed by atoms with Crippen LogP contribution in [0.15, 0.2) is 101 Å². The minimum absolute atomic E-state index is 0.00953. The molecule has 0 aromatic heterocycles. The molecule has 3 N–H and O–H groups in total. The van der Waals surface area contributed by atoms with Gasteiger partial charge in [0.15, 0.2) is 0 Å². The molecule has 0 spiro atoms. The van der Waals surface area contributed by atoms with Crippen molar-refractivity contribution in [3.63, 3.8) is 0 Å². The van der Waals surface area contributed by atoms with Crippen LogP contribution in [-0.2, 0) is 24.4 Å². The Balaban J connectivity index is 1.55. The van der Waals surface area contributed by atoms with E-state index in [1.165, 1.54) is 61.8 Å². The van der Waals surface area contributed by atoms with Gasteiger partial charge in [0.1, 0.15) is 24.4 Å². The number of nitro benzene ring substituents is 1. The molecule has 0 bridgehead atoms. The van der Waals surface area contributed by atoms with E-state index in [2.05, 4.69) is 23.1 Å². The van der Waals surface area contributed by atoms with Gasteiger partial charge in [0.2, 0.25) is 21.7 Å². The van der Waals surface area contributed by atoms with E-state index in [1.807, 2.05) is 6.07 Å². The zero-order valence-corrected chi connectivity index (χ0v) is 34.3. The summed E-state index contributed by atoms with van der Waals surface area (Å²) < 4.78 is 50.8. The van der Waals surface area contributed by atoms with Crippen molar-refractivity contribution in [1.82, 2.24) is 4.31 Å². The predicted molar refractivity (Wildman–Crippen MR) is 221 cm³/mol. The highest BCUT2D eigenvalue weighted by molar-refractivity contribution is 7.89. The molecule has 1 fully saturated rings. The van der Waals surface area contributed by atoms with Crippen LogP contribution in [0.2, 0.25) is 0 Å². The zero-order valence-electron chi connectivity index (χ0n) is 33.5. The smallest absolute Gasteiger partial charge is 0.273 e. The second kappa shape index (κ2) is 18.8. The number of hydrogen-bond donors (Lipinski definition) is 3. The first-order valence-electron chi connectivity index (χ1n) is 19.8. The van der Waals surface area contributed by atoms with Gasteiger partial charge in [0.05, 0.1) is 40.2 Å². The molecule has 3 aromatic rings. The molecule has 0 saturated heterocycles. The van der Waals surface area contributed by atoms with Crippen LogP contribution in [-0.4, -0.2) is 85.3 Å². The number of carbonyl (C=O) groups excluding carboxylic acids is 1. The summed E-state index contributed by atoms with van der Waals surface area (Å²) in [4.78, 5) is 28.2. The van der Waals surface area contributed by atoms with E-state index >= 15 is 0 Å². The number of ether oxygens (including phenoxy) is 3. The maximum atomic E-state index is 14.7. The van der Waals surface area contributed by atoms with Crippen LogP contribution in [0.5, 0.6) is 17.2 Å². The number of sulfonamides is 1. The number of allylic oxidation sites excluding steroid dienone is 1. The molecule has 0 radical (unpaired) electrons. The number of non-ortho nitro benzene ring substituents is 1. The van der Waals surface area contributed by atoms with Gasteiger partial charge >= 0.3 is 0 Å². The van der Waals surface area contributed by atoms with Crippen LogP contribution < -0.4 is 14.8 Å². The minimum Gasteiger partial charge on any atom is -0.460 e.